The number of aryl methyl sites for hydroxylation is 2. The Morgan fingerprint density at radius 1 is 1.05 bits per heavy atom. The quantitative estimate of drug-likeness (QED) is 0.388. The molecule has 2 amide bonds. The minimum Gasteiger partial charge on any atom is -0.387 e. The molecular formula is C32H36FN5O5S. The third-order valence-corrected chi connectivity index (χ3v) is 10.8. The number of benzene rings is 2. The maximum absolute atomic E-state index is 13.3. The molecule has 3 aliphatic rings. The summed E-state index contributed by atoms with van der Waals surface area (Å²) in [6.45, 7) is 3.67. The van der Waals surface area contributed by atoms with E-state index in [-0.39, 0.29) is 63.7 Å². The SMILES string of the molecule is Cc1cc(C(=O)N2CCC(O)(CF)CC2)cc(C)c1C=CS(=O)(=O)N1CCC2(CC1)N=C(c1ccc3cc[nH]c3c1)NC2=O. The number of hydrogen-bond donors (Lipinski definition) is 3. The van der Waals surface area contributed by atoms with E-state index < -0.39 is 27.8 Å². The molecule has 3 aromatic rings. The summed E-state index contributed by atoms with van der Waals surface area (Å²) < 4.78 is 41.1. The number of amides is 2. The lowest BCUT2D eigenvalue weighted by Gasteiger charge is -2.36. The highest BCUT2D eigenvalue weighted by molar-refractivity contribution is 7.92. The summed E-state index contributed by atoms with van der Waals surface area (Å²) in [5.74, 6) is 0.0847. The molecule has 232 valence electrons. The average molecular weight is 622 g/mol. The normalized spacial score (nSPS) is 20.4. The molecule has 0 unspecified atom stereocenters. The van der Waals surface area contributed by atoms with Gasteiger partial charge in [-0.25, -0.2) is 12.8 Å². The van der Waals surface area contributed by atoms with Crippen molar-refractivity contribution < 1.29 is 27.5 Å². The summed E-state index contributed by atoms with van der Waals surface area (Å²) in [5, 5.41) is 15.3. The number of nitrogens with one attached hydrogen (secondary N) is 2. The Kier molecular flexibility index (Phi) is 7.71. The first-order chi connectivity index (χ1) is 20.9. The van der Waals surface area contributed by atoms with E-state index in [1.165, 1.54) is 9.71 Å². The van der Waals surface area contributed by atoms with Gasteiger partial charge in [0.2, 0.25) is 10.0 Å². The molecule has 0 atom stereocenters. The molecule has 2 fully saturated rings. The number of fused-ring (bicyclic) bond motifs is 1. The van der Waals surface area contributed by atoms with E-state index in [9.17, 15) is 27.5 Å². The number of amidine groups is 1. The van der Waals surface area contributed by atoms with Gasteiger partial charge < -0.3 is 20.3 Å². The highest BCUT2D eigenvalue weighted by Crippen LogP contribution is 2.33. The highest BCUT2D eigenvalue weighted by atomic mass is 32.2. The molecule has 2 aromatic carbocycles. The number of carbonyl (C=O) groups excluding carboxylic acids is 2. The second-order valence-corrected chi connectivity index (χ2v) is 14.0. The lowest BCUT2D eigenvalue weighted by Crippen LogP contribution is -2.50. The zero-order valence-corrected chi connectivity index (χ0v) is 25.6. The van der Waals surface area contributed by atoms with Gasteiger partial charge in [-0.2, -0.15) is 4.31 Å². The molecule has 0 radical (unpaired) electrons. The predicted molar refractivity (Wildman–Crippen MR) is 166 cm³/mol. The van der Waals surface area contributed by atoms with Crippen molar-refractivity contribution in [1.82, 2.24) is 19.5 Å². The van der Waals surface area contributed by atoms with Crippen LogP contribution < -0.4 is 5.32 Å². The third kappa shape index (κ3) is 5.57. The Morgan fingerprint density at radius 3 is 2.39 bits per heavy atom. The number of alkyl halides is 1. The highest BCUT2D eigenvalue weighted by Gasteiger charge is 2.47. The van der Waals surface area contributed by atoms with Gasteiger partial charge in [0.25, 0.3) is 11.8 Å². The van der Waals surface area contributed by atoms with E-state index in [0.717, 1.165) is 27.6 Å². The number of carbonyl (C=O) groups is 2. The van der Waals surface area contributed by atoms with Gasteiger partial charge >= 0.3 is 0 Å². The molecule has 0 bridgehead atoms. The Balaban J connectivity index is 1.12. The first-order valence-electron chi connectivity index (χ1n) is 14.8. The third-order valence-electron chi connectivity index (χ3n) is 9.20. The van der Waals surface area contributed by atoms with Crippen LogP contribution in [-0.4, -0.2) is 89.4 Å². The van der Waals surface area contributed by atoms with Gasteiger partial charge in [-0.05, 0) is 91.9 Å². The molecule has 4 heterocycles. The van der Waals surface area contributed by atoms with Crippen LogP contribution in [0.2, 0.25) is 0 Å². The molecular weight excluding hydrogens is 585 g/mol. The summed E-state index contributed by atoms with van der Waals surface area (Å²) in [6, 6.07) is 11.2. The number of piperidine rings is 2. The van der Waals surface area contributed by atoms with Crippen LogP contribution in [0.5, 0.6) is 0 Å². The van der Waals surface area contributed by atoms with Gasteiger partial charge in [0, 0.05) is 54.4 Å². The summed E-state index contributed by atoms with van der Waals surface area (Å²) in [5.41, 5.74) is 2.03. The fraction of sp³-hybridized carbons (Fsp3) is 0.406. The van der Waals surface area contributed by atoms with Crippen LogP contribution in [0.25, 0.3) is 17.0 Å². The summed E-state index contributed by atoms with van der Waals surface area (Å²) in [4.78, 5) is 35.7. The van der Waals surface area contributed by atoms with Crippen molar-refractivity contribution in [3.63, 3.8) is 0 Å². The zero-order valence-electron chi connectivity index (χ0n) is 24.8. The molecule has 10 nitrogen and oxygen atoms in total. The Labute approximate surface area is 255 Å². The molecule has 44 heavy (non-hydrogen) atoms. The molecule has 0 aliphatic carbocycles. The maximum Gasteiger partial charge on any atom is 0.253 e. The van der Waals surface area contributed by atoms with Gasteiger partial charge in [-0.15, -0.1) is 0 Å². The largest absolute Gasteiger partial charge is 0.387 e. The molecule has 3 N–H and O–H groups in total. The molecule has 12 heteroatoms. The standard InChI is InChI=1S/C32H36FN5O5S/c1-21-17-25(29(39)37-12-7-31(41,20-33)8-13-37)18-22(2)26(21)6-16-44(42,43)38-14-9-32(10-15-38)30(40)35-28(36-32)24-4-3-23-5-11-34-27(23)19-24/h3-6,11,16-19,34,41H,7-10,12-15,20H2,1-2H3,(H,35,36,40). The lowest BCUT2D eigenvalue weighted by molar-refractivity contribution is -0.124. The maximum atomic E-state index is 13.3. The number of H-pyrrole nitrogens is 1. The molecule has 2 saturated heterocycles. The number of rotatable bonds is 6. The van der Waals surface area contributed by atoms with Gasteiger partial charge in [0.05, 0.1) is 5.60 Å². The van der Waals surface area contributed by atoms with Crippen molar-refractivity contribution in [2.24, 2.45) is 4.99 Å². The second kappa shape index (κ2) is 11.2. The first kappa shape index (κ1) is 30.2. The average Bonchev–Trinajstić information content (AvgIpc) is 3.60. The van der Waals surface area contributed by atoms with Crippen molar-refractivity contribution in [1.29, 1.82) is 0 Å². The number of nitrogens with zero attached hydrogens (tertiary/aromatic N) is 3. The van der Waals surface area contributed by atoms with Crippen LogP contribution >= 0.6 is 0 Å². The monoisotopic (exact) mass is 621 g/mol. The second-order valence-electron chi connectivity index (χ2n) is 12.1. The number of aliphatic imine (C=N–C) groups is 1. The Bertz CT molecular complexity index is 1770. The van der Waals surface area contributed by atoms with E-state index in [1.54, 1.807) is 23.1 Å². The molecule has 0 saturated carbocycles. The van der Waals surface area contributed by atoms with Crippen molar-refractivity contribution in [3.8, 4) is 0 Å². The minimum atomic E-state index is -3.78. The van der Waals surface area contributed by atoms with Crippen LogP contribution in [0.15, 0.2) is 53.0 Å². The Morgan fingerprint density at radius 2 is 1.73 bits per heavy atom. The van der Waals surface area contributed by atoms with Gasteiger partial charge in [-0.3, -0.25) is 14.6 Å². The van der Waals surface area contributed by atoms with Crippen LogP contribution in [0.3, 0.4) is 0 Å². The number of aromatic amines is 1. The Hall–Kier alpha value is -3.87. The van der Waals surface area contributed by atoms with Gasteiger partial charge in [0.15, 0.2) is 0 Å². The number of hydrogen-bond acceptors (Lipinski definition) is 6. The van der Waals surface area contributed by atoms with Crippen LogP contribution in [0.1, 0.15) is 58.3 Å². The van der Waals surface area contributed by atoms with Crippen LogP contribution in [0, 0.1) is 13.8 Å². The van der Waals surface area contributed by atoms with Gasteiger partial charge in [0.1, 0.15) is 18.0 Å². The van der Waals surface area contributed by atoms with Crippen molar-refractivity contribution in [2.45, 2.75) is 50.7 Å². The van der Waals surface area contributed by atoms with Crippen molar-refractivity contribution in [2.75, 3.05) is 32.9 Å². The lowest BCUT2D eigenvalue weighted by atomic mass is 9.89. The topological polar surface area (TPSA) is 135 Å². The number of likely N-dealkylation sites (tertiary alicyclic amines) is 1. The van der Waals surface area contributed by atoms with Crippen LogP contribution in [0.4, 0.5) is 4.39 Å². The first-order valence-corrected chi connectivity index (χ1v) is 16.3. The number of sulfonamides is 1. The fourth-order valence-electron chi connectivity index (χ4n) is 6.34. The molecule has 1 spiro atoms. The molecule has 3 aliphatic heterocycles. The fourth-order valence-corrected chi connectivity index (χ4v) is 7.51. The zero-order chi connectivity index (χ0) is 31.3. The van der Waals surface area contributed by atoms with Gasteiger partial charge in [-0.1, -0.05) is 12.1 Å². The summed E-state index contributed by atoms with van der Waals surface area (Å²) >= 11 is 0. The number of aromatic nitrogens is 1. The van der Waals surface area contributed by atoms with Crippen molar-refractivity contribution >= 4 is 44.7 Å². The van der Waals surface area contributed by atoms with Crippen LogP contribution in [-0.2, 0) is 14.8 Å². The minimum absolute atomic E-state index is 0.158. The van der Waals surface area contributed by atoms with E-state index in [4.69, 9.17) is 4.99 Å². The molecule has 6 rings (SSSR count). The molecule has 1 aromatic heterocycles. The van der Waals surface area contributed by atoms with E-state index in [1.807, 2.05) is 44.3 Å². The summed E-state index contributed by atoms with van der Waals surface area (Å²) in [6.07, 6.45) is 4.32. The number of halogens is 1. The smallest absolute Gasteiger partial charge is 0.253 e. The van der Waals surface area contributed by atoms with Crippen molar-refractivity contribution in [3.05, 3.63) is 75.8 Å². The predicted octanol–water partition coefficient (Wildman–Crippen LogP) is 3.43. The van der Waals surface area contributed by atoms with E-state index >= 15 is 0 Å². The van der Waals surface area contributed by atoms with E-state index in [0.29, 0.717) is 17.0 Å². The van der Waals surface area contributed by atoms with E-state index in [2.05, 4.69) is 10.3 Å². The number of aliphatic hydroxyl groups is 1. The summed E-state index contributed by atoms with van der Waals surface area (Å²) in [7, 11) is -3.78.